The van der Waals surface area contributed by atoms with Crippen LogP contribution in [-0.4, -0.2) is 54.3 Å². The summed E-state index contributed by atoms with van der Waals surface area (Å²) in [5.74, 6) is 0.922. The first-order chi connectivity index (χ1) is 17.1. The molecule has 0 aliphatic carbocycles. The second-order valence-corrected chi connectivity index (χ2v) is 9.53. The molecule has 9 nitrogen and oxygen atoms in total. The minimum absolute atomic E-state index is 0.191. The molecule has 0 amide bonds. The number of pyridine rings is 1. The van der Waals surface area contributed by atoms with Crippen LogP contribution in [0, 0.1) is 13.8 Å². The molecule has 0 aliphatic heterocycles. The fourth-order valence-corrected chi connectivity index (χ4v) is 5.21. The molecule has 3 aromatic heterocycles. The van der Waals surface area contributed by atoms with Gasteiger partial charge in [-0.25, -0.2) is 9.66 Å². The third-order valence-corrected chi connectivity index (χ3v) is 7.04. The lowest BCUT2D eigenvalue weighted by molar-refractivity contribution is 0.172. The Hall–Kier alpha value is -3.63. The van der Waals surface area contributed by atoms with Crippen LogP contribution in [0.25, 0.3) is 22.1 Å². The fraction of sp³-hybridized carbons (Fsp3) is 0.280. The van der Waals surface area contributed by atoms with Crippen molar-refractivity contribution in [1.29, 1.82) is 0 Å². The lowest BCUT2D eigenvalue weighted by atomic mass is 10.2. The minimum Gasteiger partial charge on any atom is -0.493 e. The summed E-state index contributed by atoms with van der Waals surface area (Å²) in [5.41, 5.74) is 5.68. The number of imidazole rings is 1. The van der Waals surface area contributed by atoms with Gasteiger partial charge in [0.1, 0.15) is 16.8 Å². The highest BCUT2D eigenvalue weighted by atomic mass is 32.2. The molecule has 5 aromatic rings. The van der Waals surface area contributed by atoms with Crippen molar-refractivity contribution < 1.29 is 13.7 Å². The van der Waals surface area contributed by atoms with Gasteiger partial charge in [-0.05, 0) is 48.9 Å². The van der Waals surface area contributed by atoms with E-state index in [-0.39, 0.29) is 5.75 Å². The van der Waals surface area contributed by atoms with Crippen molar-refractivity contribution in [3.63, 3.8) is 0 Å². The molecule has 5 rings (SSSR count). The Morgan fingerprint density at radius 1 is 1.00 bits per heavy atom. The summed E-state index contributed by atoms with van der Waals surface area (Å²) in [4.78, 5) is 10.9. The van der Waals surface area contributed by atoms with Gasteiger partial charge in [-0.3, -0.25) is 9.19 Å². The molecule has 10 heteroatoms. The summed E-state index contributed by atoms with van der Waals surface area (Å²) in [5, 5.41) is 9.03. The molecule has 1 atom stereocenters. The molecular formula is C25H26N6O3S. The number of aryl methyl sites for hydroxylation is 1. The van der Waals surface area contributed by atoms with Crippen molar-refractivity contribution in [3.8, 4) is 5.75 Å². The van der Waals surface area contributed by atoms with Gasteiger partial charge in [0.25, 0.3) is 0 Å². The largest absolute Gasteiger partial charge is 0.493 e. The van der Waals surface area contributed by atoms with Crippen molar-refractivity contribution >= 4 is 32.9 Å². The van der Waals surface area contributed by atoms with Gasteiger partial charge >= 0.3 is 0 Å². The summed E-state index contributed by atoms with van der Waals surface area (Å²) in [6, 6.07) is 15.4. The zero-order valence-electron chi connectivity index (χ0n) is 19.8. The van der Waals surface area contributed by atoms with Crippen LogP contribution >= 0.6 is 0 Å². The molecule has 180 valence electrons. The summed E-state index contributed by atoms with van der Waals surface area (Å²) in [6.45, 7) is 5.09. The third-order valence-electron chi connectivity index (χ3n) is 5.84. The second kappa shape index (κ2) is 9.93. The zero-order valence-corrected chi connectivity index (χ0v) is 20.7. The van der Waals surface area contributed by atoms with Crippen LogP contribution in [0.3, 0.4) is 0 Å². The lowest BCUT2D eigenvalue weighted by Gasteiger charge is -2.12. The minimum atomic E-state index is -1.52. The lowest BCUT2D eigenvalue weighted by Crippen LogP contribution is -2.17. The van der Waals surface area contributed by atoms with Gasteiger partial charge in [0, 0.05) is 31.9 Å². The molecule has 0 saturated heterocycles. The summed E-state index contributed by atoms with van der Waals surface area (Å²) in [7, 11) is 0.152. The highest BCUT2D eigenvalue weighted by Gasteiger charge is 2.22. The molecule has 0 spiro atoms. The van der Waals surface area contributed by atoms with Crippen LogP contribution in [0.15, 0.2) is 59.9 Å². The number of fused-ring (bicyclic) bond motifs is 2. The number of ether oxygens (including phenoxy) is 2. The van der Waals surface area contributed by atoms with Gasteiger partial charge in [0.15, 0.2) is 0 Å². The Labute approximate surface area is 205 Å². The van der Waals surface area contributed by atoms with E-state index < -0.39 is 10.8 Å². The summed E-state index contributed by atoms with van der Waals surface area (Å²) >= 11 is 0. The van der Waals surface area contributed by atoms with E-state index in [9.17, 15) is 4.21 Å². The number of para-hydroxylation sites is 2. The number of nitrogens with zero attached hydrogens (tertiary/aromatic N) is 6. The van der Waals surface area contributed by atoms with Crippen LogP contribution in [0.5, 0.6) is 5.75 Å². The Kier molecular flexibility index (Phi) is 6.56. The molecule has 0 radical (unpaired) electrons. The maximum Gasteiger partial charge on any atom is 0.221 e. The van der Waals surface area contributed by atoms with E-state index in [2.05, 4.69) is 15.3 Å². The monoisotopic (exact) mass is 490 g/mol. The molecule has 0 bridgehead atoms. The van der Waals surface area contributed by atoms with Crippen LogP contribution in [0.1, 0.15) is 23.2 Å². The Morgan fingerprint density at radius 2 is 1.83 bits per heavy atom. The van der Waals surface area contributed by atoms with Crippen molar-refractivity contribution in [3.05, 3.63) is 71.5 Å². The van der Waals surface area contributed by atoms with Crippen molar-refractivity contribution in [2.24, 2.45) is 0 Å². The van der Waals surface area contributed by atoms with E-state index in [1.807, 2.05) is 62.4 Å². The third kappa shape index (κ3) is 4.42. The Morgan fingerprint density at radius 3 is 2.69 bits per heavy atom. The second-order valence-electron chi connectivity index (χ2n) is 8.18. The number of benzene rings is 2. The first-order valence-electron chi connectivity index (χ1n) is 11.3. The Balaban J connectivity index is 1.54. The van der Waals surface area contributed by atoms with Crippen LogP contribution in [-0.2, 0) is 21.3 Å². The van der Waals surface area contributed by atoms with E-state index in [1.54, 1.807) is 22.8 Å². The van der Waals surface area contributed by atoms with Gasteiger partial charge < -0.3 is 9.47 Å². The van der Waals surface area contributed by atoms with Gasteiger partial charge in [-0.1, -0.05) is 24.3 Å². The molecule has 0 aliphatic rings. The molecule has 2 aromatic carbocycles. The molecular weight excluding hydrogens is 464 g/mol. The van der Waals surface area contributed by atoms with E-state index in [0.717, 1.165) is 45.4 Å². The van der Waals surface area contributed by atoms with Crippen molar-refractivity contribution in [2.75, 3.05) is 20.3 Å². The van der Waals surface area contributed by atoms with E-state index >= 15 is 0 Å². The topological polar surface area (TPSA) is 97.0 Å². The molecule has 0 saturated carbocycles. The van der Waals surface area contributed by atoms with Crippen LogP contribution in [0.4, 0.5) is 0 Å². The van der Waals surface area contributed by atoms with E-state index in [1.165, 1.54) is 0 Å². The Bertz CT molecular complexity index is 1530. The van der Waals surface area contributed by atoms with E-state index in [0.29, 0.717) is 24.1 Å². The number of rotatable bonds is 9. The molecule has 0 fully saturated rings. The predicted molar refractivity (Wildman–Crippen MR) is 134 cm³/mol. The van der Waals surface area contributed by atoms with Crippen LogP contribution < -0.4 is 4.74 Å². The standard InChI is InChI=1S/C25H26N6O3S/c1-17-8-6-11-22-24(17)27-25(30(22)31-21-10-5-4-9-19(21)28-29-31)35(32)16-20-18(2)23(12-13-26-20)34-15-7-14-33-3/h4-6,8-13H,7,14-16H2,1-3H3. The molecule has 1 unspecified atom stereocenters. The van der Waals surface area contributed by atoms with Gasteiger partial charge in [0.05, 0.1) is 39.9 Å². The number of aromatic nitrogens is 6. The normalized spacial score (nSPS) is 12.4. The van der Waals surface area contributed by atoms with Crippen LogP contribution in [0.2, 0.25) is 0 Å². The predicted octanol–water partition coefficient (Wildman–Crippen LogP) is 3.83. The van der Waals surface area contributed by atoms with Crippen molar-refractivity contribution in [2.45, 2.75) is 31.2 Å². The number of hydrogen-bond donors (Lipinski definition) is 0. The van der Waals surface area contributed by atoms with Crippen molar-refractivity contribution in [1.82, 2.24) is 29.7 Å². The highest BCUT2D eigenvalue weighted by molar-refractivity contribution is 7.84. The number of methoxy groups -OCH3 is 1. The zero-order chi connectivity index (χ0) is 24.4. The molecule has 0 N–H and O–H groups in total. The van der Waals surface area contributed by atoms with E-state index in [4.69, 9.17) is 14.5 Å². The van der Waals surface area contributed by atoms with Gasteiger partial charge in [0.2, 0.25) is 5.16 Å². The summed E-state index contributed by atoms with van der Waals surface area (Å²) in [6.07, 6.45) is 2.47. The maximum absolute atomic E-state index is 13.8. The quantitative estimate of drug-likeness (QED) is 0.290. The first-order valence-corrected chi connectivity index (χ1v) is 12.6. The summed E-state index contributed by atoms with van der Waals surface area (Å²) < 4.78 is 26.5. The van der Waals surface area contributed by atoms with Gasteiger partial charge in [-0.2, -0.15) is 0 Å². The number of hydrogen-bond acceptors (Lipinski definition) is 7. The first kappa shape index (κ1) is 23.1. The highest BCUT2D eigenvalue weighted by Crippen LogP contribution is 2.26. The fourth-order valence-electron chi connectivity index (χ4n) is 3.98. The maximum atomic E-state index is 13.8. The SMILES string of the molecule is COCCCOc1ccnc(CS(=O)c2nc3c(C)cccc3n2-n2nnc3ccccc32)c1C. The average molecular weight is 491 g/mol. The smallest absolute Gasteiger partial charge is 0.221 e. The van der Waals surface area contributed by atoms with Gasteiger partial charge in [-0.15, -0.1) is 9.89 Å². The average Bonchev–Trinajstić information content (AvgIpc) is 3.46. The molecule has 3 heterocycles. The molecule has 35 heavy (non-hydrogen) atoms.